The first kappa shape index (κ1) is 11.6. The molecule has 0 heterocycles. The highest BCUT2D eigenvalue weighted by atomic mass is 79.9. The molecule has 1 aliphatic rings. The average Bonchev–Trinajstić information content (AvgIpc) is 2.07. The van der Waals surface area contributed by atoms with Crippen LogP contribution in [0.2, 0.25) is 0 Å². The van der Waals surface area contributed by atoms with Crippen molar-refractivity contribution in [1.82, 2.24) is 5.32 Å². The van der Waals surface area contributed by atoms with Crippen LogP contribution in [0.3, 0.4) is 0 Å². The van der Waals surface area contributed by atoms with Crippen molar-refractivity contribution in [3.05, 3.63) is 10.6 Å². The molecule has 0 aliphatic heterocycles. The van der Waals surface area contributed by atoms with E-state index >= 15 is 0 Å². The van der Waals surface area contributed by atoms with Crippen LogP contribution in [-0.2, 0) is 4.79 Å². The van der Waals surface area contributed by atoms with Gasteiger partial charge < -0.3 is 5.32 Å². The number of hydrogen-bond acceptors (Lipinski definition) is 1. The maximum atomic E-state index is 11.9. The molecule has 1 atom stereocenters. The van der Waals surface area contributed by atoms with Gasteiger partial charge in [0.15, 0.2) is 0 Å². The Kier molecular flexibility index (Phi) is 3.58. The van der Waals surface area contributed by atoms with Gasteiger partial charge in [0.1, 0.15) is 0 Å². The van der Waals surface area contributed by atoms with E-state index in [2.05, 4.69) is 15.9 Å². The lowest BCUT2D eigenvalue weighted by Gasteiger charge is -2.22. The second-order valence-electron chi connectivity index (χ2n) is 3.04. The molecule has 0 bridgehead atoms. The third-order valence-electron chi connectivity index (χ3n) is 1.93. The van der Waals surface area contributed by atoms with Crippen molar-refractivity contribution >= 4 is 21.8 Å². The van der Waals surface area contributed by atoms with Gasteiger partial charge in [0.05, 0.1) is 6.04 Å². The monoisotopic (exact) mass is 271 g/mol. The molecule has 2 nitrogen and oxygen atoms in total. The SMILES string of the molecule is O=C(N[C@@H]1CCCC=C1Br)C(F)(F)F. The predicted molar refractivity (Wildman–Crippen MR) is 48.8 cm³/mol. The summed E-state index contributed by atoms with van der Waals surface area (Å²) in [6.45, 7) is 0. The Morgan fingerprint density at radius 1 is 1.57 bits per heavy atom. The van der Waals surface area contributed by atoms with E-state index in [-0.39, 0.29) is 0 Å². The standard InChI is InChI=1S/C8H9BrF3NO/c9-5-3-1-2-4-6(5)13-7(14)8(10,11)12/h3,6H,1-2,4H2,(H,13,14)/t6-/m1/s1. The van der Waals surface area contributed by atoms with Crippen molar-refractivity contribution in [2.45, 2.75) is 31.5 Å². The van der Waals surface area contributed by atoms with E-state index in [9.17, 15) is 18.0 Å². The van der Waals surface area contributed by atoms with Crippen LogP contribution in [0, 0.1) is 0 Å². The highest BCUT2D eigenvalue weighted by Crippen LogP contribution is 2.24. The largest absolute Gasteiger partial charge is 0.471 e. The molecule has 0 aromatic carbocycles. The van der Waals surface area contributed by atoms with Gasteiger partial charge >= 0.3 is 12.1 Å². The highest BCUT2D eigenvalue weighted by molar-refractivity contribution is 9.11. The maximum Gasteiger partial charge on any atom is 0.471 e. The molecule has 0 unspecified atom stereocenters. The van der Waals surface area contributed by atoms with Crippen molar-refractivity contribution in [1.29, 1.82) is 0 Å². The summed E-state index contributed by atoms with van der Waals surface area (Å²) in [6.07, 6.45) is -0.856. The zero-order valence-corrected chi connectivity index (χ0v) is 8.78. The summed E-state index contributed by atoms with van der Waals surface area (Å²) in [5.74, 6) is -1.88. The van der Waals surface area contributed by atoms with E-state index in [0.717, 1.165) is 12.8 Å². The van der Waals surface area contributed by atoms with Crippen LogP contribution >= 0.6 is 15.9 Å². The molecule has 14 heavy (non-hydrogen) atoms. The fourth-order valence-electron chi connectivity index (χ4n) is 1.22. The van der Waals surface area contributed by atoms with Gasteiger partial charge in [0.25, 0.3) is 0 Å². The lowest BCUT2D eigenvalue weighted by Crippen LogP contribution is -2.43. The van der Waals surface area contributed by atoms with Crippen LogP contribution in [0.15, 0.2) is 10.6 Å². The van der Waals surface area contributed by atoms with Crippen molar-refractivity contribution in [3.8, 4) is 0 Å². The van der Waals surface area contributed by atoms with E-state index in [1.165, 1.54) is 0 Å². The Hall–Kier alpha value is -0.520. The lowest BCUT2D eigenvalue weighted by molar-refractivity contribution is -0.174. The van der Waals surface area contributed by atoms with Crippen molar-refractivity contribution in [2.24, 2.45) is 0 Å². The molecule has 0 aromatic rings. The predicted octanol–water partition coefficient (Wildman–Crippen LogP) is 2.50. The zero-order chi connectivity index (χ0) is 10.8. The Labute approximate surface area is 87.7 Å². The number of rotatable bonds is 1. The van der Waals surface area contributed by atoms with Crippen LogP contribution in [0.4, 0.5) is 13.2 Å². The van der Waals surface area contributed by atoms with Gasteiger partial charge in [-0.1, -0.05) is 22.0 Å². The number of carbonyl (C=O) groups excluding carboxylic acids is 1. The Balaban J connectivity index is 2.56. The van der Waals surface area contributed by atoms with Crippen molar-refractivity contribution in [2.75, 3.05) is 0 Å². The number of hydrogen-bond donors (Lipinski definition) is 1. The quantitative estimate of drug-likeness (QED) is 0.780. The molecule has 0 saturated heterocycles. The second kappa shape index (κ2) is 4.33. The molecule has 6 heteroatoms. The molecule has 80 valence electrons. The van der Waals surface area contributed by atoms with Crippen LogP contribution in [0.5, 0.6) is 0 Å². The van der Waals surface area contributed by atoms with Gasteiger partial charge in [-0.05, 0) is 19.3 Å². The van der Waals surface area contributed by atoms with E-state index < -0.39 is 18.1 Å². The minimum absolute atomic E-state index is 0.530. The molecule has 1 rings (SSSR count). The molecule has 0 spiro atoms. The van der Waals surface area contributed by atoms with Crippen molar-refractivity contribution in [3.63, 3.8) is 0 Å². The topological polar surface area (TPSA) is 29.1 Å². The minimum atomic E-state index is -4.80. The number of nitrogens with one attached hydrogen (secondary N) is 1. The zero-order valence-electron chi connectivity index (χ0n) is 7.20. The lowest BCUT2D eigenvalue weighted by atomic mass is 10.0. The third-order valence-corrected chi connectivity index (χ3v) is 2.81. The maximum absolute atomic E-state index is 11.9. The first-order valence-electron chi connectivity index (χ1n) is 4.14. The van der Waals surface area contributed by atoms with Crippen LogP contribution in [0.1, 0.15) is 19.3 Å². The molecule has 0 aromatic heterocycles. The van der Waals surface area contributed by atoms with Gasteiger partial charge in [0, 0.05) is 4.48 Å². The van der Waals surface area contributed by atoms with Gasteiger partial charge in [-0.3, -0.25) is 4.79 Å². The van der Waals surface area contributed by atoms with Gasteiger partial charge in [-0.25, -0.2) is 0 Å². The Morgan fingerprint density at radius 2 is 2.21 bits per heavy atom. The van der Waals surface area contributed by atoms with E-state index in [1.807, 2.05) is 5.32 Å². The van der Waals surface area contributed by atoms with Crippen LogP contribution in [-0.4, -0.2) is 18.1 Å². The molecule has 1 N–H and O–H groups in total. The van der Waals surface area contributed by atoms with Gasteiger partial charge in [-0.15, -0.1) is 0 Å². The normalized spacial score (nSPS) is 22.9. The second-order valence-corrected chi connectivity index (χ2v) is 3.96. The van der Waals surface area contributed by atoms with Crippen LogP contribution in [0.25, 0.3) is 0 Å². The summed E-state index contributed by atoms with van der Waals surface area (Å²) in [6, 6.07) is -0.530. The fourth-order valence-corrected chi connectivity index (χ4v) is 1.80. The van der Waals surface area contributed by atoms with Gasteiger partial charge in [-0.2, -0.15) is 13.2 Å². The van der Waals surface area contributed by atoms with E-state index in [4.69, 9.17) is 0 Å². The average molecular weight is 272 g/mol. The summed E-state index contributed by atoms with van der Waals surface area (Å²) in [7, 11) is 0. The molecule has 0 radical (unpaired) electrons. The van der Waals surface area contributed by atoms with Crippen molar-refractivity contribution < 1.29 is 18.0 Å². The smallest absolute Gasteiger partial charge is 0.341 e. The summed E-state index contributed by atoms with van der Waals surface area (Å²) >= 11 is 3.13. The minimum Gasteiger partial charge on any atom is -0.341 e. The number of alkyl halides is 3. The number of allylic oxidation sites excluding steroid dienone is 1. The van der Waals surface area contributed by atoms with Gasteiger partial charge in [0.2, 0.25) is 0 Å². The van der Waals surface area contributed by atoms with E-state index in [0.29, 0.717) is 10.9 Å². The van der Waals surface area contributed by atoms with Crippen LogP contribution < -0.4 is 5.32 Å². The fraction of sp³-hybridized carbons (Fsp3) is 0.625. The third kappa shape index (κ3) is 3.01. The Bertz CT molecular complexity index is 262. The molecule has 0 fully saturated rings. The summed E-state index contributed by atoms with van der Waals surface area (Å²) < 4.78 is 36.3. The summed E-state index contributed by atoms with van der Waals surface area (Å²) in [5.41, 5.74) is 0. The highest BCUT2D eigenvalue weighted by Gasteiger charge is 2.40. The molecule has 0 saturated carbocycles. The molecular formula is C8H9BrF3NO. The molecular weight excluding hydrogens is 263 g/mol. The number of amides is 1. The van der Waals surface area contributed by atoms with E-state index in [1.54, 1.807) is 6.08 Å². The summed E-state index contributed by atoms with van der Waals surface area (Å²) in [4.78, 5) is 10.6. The number of carbonyl (C=O) groups is 1. The first-order valence-corrected chi connectivity index (χ1v) is 4.94. The molecule has 1 aliphatic carbocycles. The summed E-state index contributed by atoms with van der Waals surface area (Å²) in [5, 5.41) is 1.93. The first-order chi connectivity index (χ1) is 6.41. The molecule has 1 amide bonds. The number of halogens is 4. The Morgan fingerprint density at radius 3 is 2.71 bits per heavy atom.